The van der Waals surface area contributed by atoms with Crippen molar-refractivity contribution in [2.75, 3.05) is 0 Å². The van der Waals surface area contributed by atoms with E-state index in [4.69, 9.17) is 9.47 Å². The summed E-state index contributed by atoms with van der Waals surface area (Å²) in [6.45, 7) is 9.95. The monoisotopic (exact) mass is 266 g/mol. The second kappa shape index (κ2) is 4.66. The van der Waals surface area contributed by atoms with Gasteiger partial charge < -0.3 is 9.47 Å². The first kappa shape index (κ1) is 14.1. The molecular weight excluding hydrogens is 244 g/mol. The SMILES string of the molecule is CC(C)=C[C@@H]1[C@H](C(=O)O[C@H]2C[C@@H](C)OC2=O)C1(C)C. The Labute approximate surface area is 114 Å². The van der Waals surface area contributed by atoms with Crippen molar-refractivity contribution >= 4 is 11.9 Å². The van der Waals surface area contributed by atoms with E-state index < -0.39 is 12.1 Å². The molecule has 0 amide bonds. The first-order chi connectivity index (χ1) is 8.73. The Kier molecular flexibility index (Phi) is 3.45. The van der Waals surface area contributed by atoms with Crippen molar-refractivity contribution in [3.8, 4) is 0 Å². The molecule has 2 aliphatic rings. The molecule has 0 spiro atoms. The van der Waals surface area contributed by atoms with Gasteiger partial charge in [0.1, 0.15) is 6.10 Å². The third-order valence-electron chi connectivity index (χ3n) is 4.06. The summed E-state index contributed by atoms with van der Waals surface area (Å²) in [5.74, 6) is -0.632. The summed E-state index contributed by atoms with van der Waals surface area (Å²) in [4.78, 5) is 23.6. The Balaban J connectivity index is 1.98. The zero-order chi connectivity index (χ0) is 14.4. The van der Waals surface area contributed by atoms with Crippen LogP contribution in [0.4, 0.5) is 0 Å². The molecule has 19 heavy (non-hydrogen) atoms. The molecule has 0 aromatic heterocycles. The minimum Gasteiger partial charge on any atom is -0.460 e. The number of ether oxygens (including phenoxy) is 2. The van der Waals surface area contributed by atoms with Gasteiger partial charge in [0.05, 0.1) is 5.92 Å². The third-order valence-corrected chi connectivity index (χ3v) is 4.06. The standard InChI is InChI=1S/C15H22O4/c1-8(2)6-10-12(15(10,4)5)14(17)19-11-7-9(3)18-13(11)16/h6,9-12H,7H2,1-5H3/t9-,10-,11+,12-/m1/s1. The van der Waals surface area contributed by atoms with Crippen LogP contribution < -0.4 is 0 Å². The van der Waals surface area contributed by atoms with Crippen LogP contribution in [-0.2, 0) is 19.1 Å². The second-order valence-corrected chi connectivity index (χ2v) is 6.48. The van der Waals surface area contributed by atoms with Crippen LogP contribution in [0.25, 0.3) is 0 Å². The zero-order valence-electron chi connectivity index (χ0n) is 12.2. The maximum Gasteiger partial charge on any atom is 0.347 e. The minimum atomic E-state index is -0.716. The molecule has 2 fully saturated rings. The van der Waals surface area contributed by atoms with Gasteiger partial charge in [0.15, 0.2) is 0 Å². The van der Waals surface area contributed by atoms with Crippen molar-refractivity contribution in [3.63, 3.8) is 0 Å². The maximum atomic E-state index is 12.2. The number of hydrogen-bond donors (Lipinski definition) is 0. The second-order valence-electron chi connectivity index (χ2n) is 6.48. The van der Waals surface area contributed by atoms with E-state index in [0.29, 0.717) is 6.42 Å². The van der Waals surface area contributed by atoms with Crippen LogP contribution in [0.5, 0.6) is 0 Å². The lowest BCUT2D eigenvalue weighted by molar-refractivity contribution is -0.162. The van der Waals surface area contributed by atoms with Crippen LogP contribution in [-0.4, -0.2) is 24.1 Å². The molecule has 1 aliphatic carbocycles. The summed E-state index contributed by atoms with van der Waals surface area (Å²) in [6, 6.07) is 0. The highest BCUT2D eigenvalue weighted by Gasteiger charge is 2.62. The van der Waals surface area contributed by atoms with Gasteiger partial charge in [-0.05, 0) is 32.1 Å². The normalized spacial score (nSPS) is 35.5. The van der Waals surface area contributed by atoms with E-state index in [9.17, 15) is 9.59 Å². The number of allylic oxidation sites excluding steroid dienone is 2. The van der Waals surface area contributed by atoms with E-state index in [1.807, 2.05) is 13.8 Å². The Morgan fingerprint density at radius 2 is 2.05 bits per heavy atom. The Morgan fingerprint density at radius 3 is 2.53 bits per heavy atom. The quantitative estimate of drug-likeness (QED) is 0.581. The molecule has 1 saturated heterocycles. The predicted molar refractivity (Wildman–Crippen MR) is 70.2 cm³/mol. The van der Waals surface area contributed by atoms with Gasteiger partial charge in [0.2, 0.25) is 6.10 Å². The Bertz CT molecular complexity index is 431. The van der Waals surface area contributed by atoms with Crippen molar-refractivity contribution < 1.29 is 19.1 Å². The van der Waals surface area contributed by atoms with Crippen LogP contribution in [0, 0.1) is 17.3 Å². The molecule has 1 saturated carbocycles. The van der Waals surface area contributed by atoms with Gasteiger partial charge in [-0.2, -0.15) is 0 Å². The lowest BCUT2D eigenvalue weighted by atomic mass is 10.1. The Hall–Kier alpha value is -1.32. The van der Waals surface area contributed by atoms with E-state index in [-0.39, 0.29) is 29.3 Å². The average molecular weight is 266 g/mol. The van der Waals surface area contributed by atoms with Gasteiger partial charge in [-0.25, -0.2) is 4.79 Å². The number of cyclic esters (lactones) is 1. The molecule has 4 atom stereocenters. The van der Waals surface area contributed by atoms with E-state index >= 15 is 0 Å². The Morgan fingerprint density at radius 1 is 1.42 bits per heavy atom. The molecule has 0 aromatic carbocycles. The molecule has 4 nitrogen and oxygen atoms in total. The van der Waals surface area contributed by atoms with Gasteiger partial charge in [-0.1, -0.05) is 25.5 Å². The predicted octanol–water partition coefficient (Wildman–Crippen LogP) is 2.47. The molecule has 2 rings (SSSR count). The van der Waals surface area contributed by atoms with Crippen molar-refractivity contribution in [2.45, 2.75) is 53.2 Å². The topological polar surface area (TPSA) is 52.6 Å². The number of rotatable bonds is 3. The fourth-order valence-electron chi connectivity index (χ4n) is 2.83. The molecular formula is C15H22O4. The molecule has 4 heteroatoms. The van der Waals surface area contributed by atoms with E-state index in [1.165, 1.54) is 5.57 Å². The number of carbonyl (C=O) groups is 2. The van der Waals surface area contributed by atoms with Crippen LogP contribution in [0.2, 0.25) is 0 Å². The van der Waals surface area contributed by atoms with Crippen LogP contribution >= 0.6 is 0 Å². The van der Waals surface area contributed by atoms with Crippen molar-refractivity contribution in [3.05, 3.63) is 11.6 Å². The lowest BCUT2D eigenvalue weighted by Gasteiger charge is -2.08. The van der Waals surface area contributed by atoms with Gasteiger partial charge in [0, 0.05) is 6.42 Å². The summed E-state index contributed by atoms with van der Waals surface area (Å²) in [5.41, 5.74) is 1.12. The summed E-state index contributed by atoms with van der Waals surface area (Å²) in [6.07, 6.45) is 1.70. The first-order valence-corrected chi connectivity index (χ1v) is 6.79. The van der Waals surface area contributed by atoms with Crippen LogP contribution in [0.1, 0.15) is 41.0 Å². The number of hydrogen-bond acceptors (Lipinski definition) is 4. The summed E-state index contributed by atoms with van der Waals surface area (Å²) in [7, 11) is 0. The maximum absolute atomic E-state index is 12.2. The lowest BCUT2D eigenvalue weighted by Crippen LogP contribution is -2.24. The van der Waals surface area contributed by atoms with Gasteiger partial charge >= 0.3 is 11.9 Å². The van der Waals surface area contributed by atoms with Crippen LogP contribution in [0.3, 0.4) is 0 Å². The third kappa shape index (κ3) is 2.67. The summed E-state index contributed by atoms with van der Waals surface area (Å²) >= 11 is 0. The zero-order valence-corrected chi connectivity index (χ0v) is 12.2. The molecule has 0 bridgehead atoms. The van der Waals surface area contributed by atoms with Gasteiger partial charge in [-0.3, -0.25) is 4.79 Å². The fourth-order valence-corrected chi connectivity index (χ4v) is 2.83. The molecule has 1 aliphatic heterocycles. The fraction of sp³-hybridized carbons (Fsp3) is 0.733. The molecule has 0 unspecified atom stereocenters. The van der Waals surface area contributed by atoms with Gasteiger partial charge in [0.25, 0.3) is 0 Å². The smallest absolute Gasteiger partial charge is 0.347 e. The molecule has 1 heterocycles. The highest BCUT2D eigenvalue weighted by Crippen LogP contribution is 2.60. The molecule has 0 aromatic rings. The average Bonchev–Trinajstić information content (AvgIpc) is 2.60. The highest BCUT2D eigenvalue weighted by molar-refractivity contribution is 5.84. The number of esters is 2. The van der Waals surface area contributed by atoms with Crippen molar-refractivity contribution in [1.82, 2.24) is 0 Å². The first-order valence-electron chi connectivity index (χ1n) is 6.79. The van der Waals surface area contributed by atoms with Crippen molar-refractivity contribution in [2.24, 2.45) is 17.3 Å². The summed E-state index contributed by atoms with van der Waals surface area (Å²) < 4.78 is 10.3. The number of carbonyl (C=O) groups excluding carboxylic acids is 2. The molecule has 0 N–H and O–H groups in total. The molecule has 0 radical (unpaired) electrons. The minimum absolute atomic E-state index is 0.0809. The van der Waals surface area contributed by atoms with E-state index in [2.05, 4.69) is 19.9 Å². The van der Waals surface area contributed by atoms with E-state index in [1.54, 1.807) is 6.92 Å². The van der Waals surface area contributed by atoms with Gasteiger partial charge in [-0.15, -0.1) is 0 Å². The summed E-state index contributed by atoms with van der Waals surface area (Å²) in [5, 5.41) is 0. The largest absolute Gasteiger partial charge is 0.460 e. The van der Waals surface area contributed by atoms with E-state index in [0.717, 1.165) is 0 Å². The van der Waals surface area contributed by atoms with Crippen molar-refractivity contribution in [1.29, 1.82) is 0 Å². The highest BCUT2D eigenvalue weighted by atomic mass is 16.6. The molecule has 106 valence electrons. The van der Waals surface area contributed by atoms with Crippen LogP contribution in [0.15, 0.2) is 11.6 Å².